The molecule has 0 aliphatic carbocycles. The maximum Gasteiger partial charge on any atom is 0.574 e. The highest BCUT2D eigenvalue weighted by atomic mass is 19.4. The molecule has 7 heteroatoms. The van der Waals surface area contributed by atoms with Crippen molar-refractivity contribution in [3.05, 3.63) is 22.9 Å². The largest absolute Gasteiger partial charge is 0.574 e. The van der Waals surface area contributed by atoms with Gasteiger partial charge in [0.05, 0.1) is 18.2 Å². The summed E-state index contributed by atoms with van der Waals surface area (Å²) in [6, 6.07) is 2.82. The van der Waals surface area contributed by atoms with Crippen molar-refractivity contribution < 1.29 is 22.3 Å². The fraction of sp³-hybridized carbons (Fsp3) is 0.400. The van der Waals surface area contributed by atoms with Crippen LogP contribution in [-0.2, 0) is 13.1 Å². The number of aryl methyl sites for hydroxylation is 1. The molecule has 0 bridgehead atoms. The van der Waals surface area contributed by atoms with Crippen molar-refractivity contribution >= 4 is 0 Å². The molecule has 3 nitrogen and oxygen atoms in total. The normalized spacial score (nSPS) is 11.1. The highest BCUT2D eigenvalue weighted by Gasteiger charge is 2.32. The minimum Gasteiger partial charge on any atom is -0.388 e. The number of nitriles is 1. The summed E-state index contributed by atoms with van der Waals surface area (Å²) in [7, 11) is 0. The predicted molar refractivity (Wildman–Crippen MR) is 49.8 cm³/mol. The standard InChI is InChI=1S/C10H8F4N2O/c1-6-4-9(17-10(12,13)14)16-8(5-11)7(6)2-3-15/h4H,2,5H2,1H3. The number of hydrogen-bond donors (Lipinski definition) is 0. The maximum absolute atomic E-state index is 12.6. The Balaban J connectivity index is 3.14. The highest BCUT2D eigenvalue weighted by molar-refractivity contribution is 5.35. The van der Waals surface area contributed by atoms with Crippen LogP contribution in [0.25, 0.3) is 0 Å². The lowest BCUT2D eigenvalue weighted by molar-refractivity contribution is -0.276. The molecule has 92 valence electrons. The number of pyridine rings is 1. The van der Waals surface area contributed by atoms with Crippen LogP contribution in [0.15, 0.2) is 6.07 Å². The lowest BCUT2D eigenvalue weighted by Crippen LogP contribution is -2.18. The van der Waals surface area contributed by atoms with E-state index in [-0.39, 0.29) is 12.1 Å². The Bertz CT molecular complexity index is 451. The third-order valence-electron chi connectivity index (χ3n) is 2.01. The number of hydrogen-bond acceptors (Lipinski definition) is 3. The molecule has 0 atom stereocenters. The molecule has 0 unspecified atom stereocenters. The molecule has 0 amide bonds. The summed E-state index contributed by atoms with van der Waals surface area (Å²) in [5.74, 6) is -0.718. The molecule has 0 spiro atoms. The number of ether oxygens (including phenoxy) is 1. The quantitative estimate of drug-likeness (QED) is 0.772. The first-order chi connectivity index (χ1) is 7.87. The molecule has 0 fully saturated rings. The van der Waals surface area contributed by atoms with Crippen LogP contribution in [0.2, 0.25) is 0 Å². The van der Waals surface area contributed by atoms with Crippen LogP contribution >= 0.6 is 0 Å². The van der Waals surface area contributed by atoms with Gasteiger partial charge in [-0.3, -0.25) is 0 Å². The van der Waals surface area contributed by atoms with Crippen LogP contribution in [0.1, 0.15) is 16.8 Å². The van der Waals surface area contributed by atoms with E-state index in [0.717, 1.165) is 6.07 Å². The smallest absolute Gasteiger partial charge is 0.388 e. The summed E-state index contributed by atoms with van der Waals surface area (Å²) >= 11 is 0. The summed E-state index contributed by atoms with van der Waals surface area (Å²) in [5.41, 5.74) is 0.434. The van der Waals surface area contributed by atoms with E-state index in [1.54, 1.807) is 6.07 Å². The Hall–Kier alpha value is -1.84. The first-order valence-corrected chi connectivity index (χ1v) is 4.55. The molecule has 0 aliphatic heterocycles. The van der Waals surface area contributed by atoms with Crippen molar-refractivity contribution in [2.75, 3.05) is 0 Å². The summed E-state index contributed by atoms with van der Waals surface area (Å²) in [6.45, 7) is 0.420. The number of nitrogens with zero attached hydrogens (tertiary/aromatic N) is 2. The fourth-order valence-corrected chi connectivity index (χ4v) is 1.33. The van der Waals surface area contributed by atoms with E-state index in [1.165, 1.54) is 6.92 Å². The molecule has 0 aromatic carbocycles. The first-order valence-electron chi connectivity index (χ1n) is 4.55. The van der Waals surface area contributed by atoms with Crippen molar-refractivity contribution in [3.63, 3.8) is 0 Å². The van der Waals surface area contributed by atoms with Crippen molar-refractivity contribution in [2.24, 2.45) is 0 Å². The van der Waals surface area contributed by atoms with Crippen molar-refractivity contribution in [1.82, 2.24) is 4.98 Å². The molecular formula is C10H8F4N2O. The Morgan fingerprint density at radius 1 is 1.47 bits per heavy atom. The third kappa shape index (κ3) is 3.59. The van der Waals surface area contributed by atoms with Crippen LogP contribution in [0.4, 0.5) is 17.6 Å². The van der Waals surface area contributed by atoms with Crippen molar-refractivity contribution in [3.8, 4) is 11.9 Å². The van der Waals surface area contributed by atoms with Crippen LogP contribution in [0.3, 0.4) is 0 Å². The van der Waals surface area contributed by atoms with Crippen molar-refractivity contribution in [1.29, 1.82) is 5.26 Å². The monoisotopic (exact) mass is 248 g/mol. The number of alkyl halides is 4. The van der Waals surface area contributed by atoms with E-state index < -0.39 is 18.9 Å². The SMILES string of the molecule is Cc1cc(OC(F)(F)F)nc(CF)c1CC#N. The Kier molecular flexibility index (Phi) is 3.89. The molecule has 17 heavy (non-hydrogen) atoms. The van der Waals surface area contributed by atoms with Gasteiger partial charge >= 0.3 is 6.36 Å². The van der Waals surface area contributed by atoms with E-state index >= 15 is 0 Å². The maximum atomic E-state index is 12.6. The summed E-state index contributed by atoms with van der Waals surface area (Å²) < 4.78 is 52.0. The summed E-state index contributed by atoms with van der Waals surface area (Å²) in [5, 5.41) is 8.51. The number of halogens is 4. The van der Waals surface area contributed by atoms with E-state index in [9.17, 15) is 17.6 Å². The molecule has 0 saturated carbocycles. The zero-order valence-corrected chi connectivity index (χ0v) is 8.81. The Labute approximate surface area is 94.6 Å². The van der Waals surface area contributed by atoms with Gasteiger partial charge in [0.1, 0.15) is 6.67 Å². The van der Waals surface area contributed by atoms with Crippen LogP contribution in [0.5, 0.6) is 5.88 Å². The van der Waals surface area contributed by atoms with Crippen LogP contribution < -0.4 is 4.74 Å². The lowest BCUT2D eigenvalue weighted by Gasteiger charge is -2.12. The van der Waals surface area contributed by atoms with Crippen LogP contribution in [-0.4, -0.2) is 11.3 Å². The zero-order valence-electron chi connectivity index (χ0n) is 8.81. The van der Waals surface area contributed by atoms with E-state index in [1.807, 2.05) is 0 Å². The van der Waals surface area contributed by atoms with Gasteiger partial charge in [-0.1, -0.05) is 0 Å². The van der Waals surface area contributed by atoms with Crippen molar-refractivity contribution in [2.45, 2.75) is 26.4 Å². The van der Waals surface area contributed by atoms with Gasteiger partial charge in [-0.05, 0) is 18.1 Å². The van der Waals surface area contributed by atoms with Gasteiger partial charge in [0.15, 0.2) is 0 Å². The molecule has 0 aliphatic rings. The van der Waals surface area contributed by atoms with E-state index in [4.69, 9.17) is 5.26 Å². The minimum absolute atomic E-state index is 0.107. The van der Waals surface area contributed by atoms with Gasteiger partial charge in [0.2, 0.25) is 5.88 Å². The van der Waals surface area contributed by atoms with Crippen LogP contribution in [0, 0.1) is 18.3 Å². The van der Waals surface area contributed by atoms with E-state index in [2.05, 4.69) is 9.72 Å². The van der Waals surface area contributed by atoms with E-state index in [0.29, 0.717) is 11.1 Å². The molecule has 1 rings (SSSR count). The van der Waals surface area contributed by atoms with Gasteiger partial charge in [-0.25, -0.2) is 9.37 Å². The topological polar surface area (TPSA) is 45.9 Å². The molecule has 0 N–H and O–H groups in total. The Morgan fingerprint density at radius 2 is 2.12 bits per heavy atom. The van der Waals surface area contributed by atoms with Gasteiger partial charge in [-0.15, -0.1) is 13.2 Å². The Morgan fingerprint density at radius 3 is 2.59 bits per heavy atom. The average molecular weight is 248 g/mol. The lowest BCUT2D eigenvalue weighted by atomic mass is 10.1. The van der Waals surface area contributed by atoms with Gasteiger partial charge in [0.25, 0.3) is 0 Å². The second-order valence-corrected chi connectivity index (χ2v) is 3.22. The van der Waals surface area contributed by atoms with Gasteiger partial charge in [0, 0.05) is 6.07 Å². The summed E-state index contributed by atoms with van der Waals surface area (Å²) in [4.78, 5) is 3.39. The highest BCUT2D eigenvalue weighted by Crippen LogP contribution is 2.25. The molecule has 1 aromatic rings. The molecule has 0 radical (unpaired) electrons. The molecule has 1 aromatic heterocycles. The number of rotatable bonds is 3. The third-order valence-corrected chi connectivity index (χ3v) is 2.01. The molecule has 1 heterocycles. The molecule has 0 saturated heterocycles. The van der Waals surface area contributed by atoms with Gasteiger partial charge in [-0.2, -0.15) is 5.26 Å². The predicted octanol–water partition coefficient (Wildman–Crippen LogP) is 2.82. The fourth-order valence-electron chi connectivity index (χ4n) is 1.33. The molecular weight excluding hydrogens is 240 g/mol. The second-order valence-electron chi connectivity index (χ2n) is 3.22. The average Bonchev–Trinajstić information content (AvgIpc) is 2.19. The second kappa shape index (κ2) is 4.99. The first kappa shape index (κ1) is 13.2. The summed E-state index contributed by atoms with van der Waals surface area (Å²) in [6.07, 6.45) is -4.98. The minimum atomic E-state index is -4.87. The zero-order chi connectivity index (χ0) is 13.1. The van der Waals surface area contributed by atoms with Gasteiger partial charge < -0.3 is 4.74 Å². The number of aromatic nitrogens is 1.